The van der Waals surface area contributed by atoms with E-state index in [1.54, 1.807) is 6.08 Å². The molecule has 0 aromatic heterocycles. The molecule has 3 aromatic rings. The van der Waals surface area contributed by atoms with Gasteiger partial charge >= 0.3 is 5.97 Å². The summed E-state index contributed by atoms with van der Waals surface area (Å²) in [6, 6.07) is 22.9. The molecule has 0 aliphatic heterocycles. The third-order valence-electron chi connectivity index (χ3n) is 9.13. The van der Waals surface area contributed by atoms with Gasteiger partial charge in [0.1, 0.15) is 12.4 Å². The van der Waals surface area contributed by atoms with Crippen molar-refractivity contribution in [2.75, 3.05) is 0 Å². The Bertz CT molecular complexity index is 1340. The van der Waals surface area contributed by atoms with E-state index in [9.17, 15) is 9.90 Å². The van der Waals surface area contributed by atoms with Gasteiger partial charge in [-0.05, 0) is 109 Å². The van der Waals surface area contributed by atoms with Crippen LogP contribution in [0.2, 0.25) is 5.02 Å². The van der Waals surface area contributed by atoms with Gasteiger partial charge in [-0.25, -0.2) is 4.79 Å². The quantitative estimate of drug-likeness (QED) is 0.298. The van der Waals surface area contributed by atoms with E-state index in [-0.39, 0.29) is 5.41 Å². The van der Waals surface area contributed by atoms with Gasteiger partial charge < -0.3 is 9.84 Å². The molecular weight excluding hydrogens is 492 g/mol. The topological polar surface area (TPSA) is 46.5 Å². The average Bonchev–Trinajstić information content (AvgIpc) is 2.90. The van der Waals surface area contributed by atoms with E-state index in [4.69, 9.17) is 16.3 Å². The van der Waals surface area contributed by atoms with Crippen molar-refractivity contribution in [1.29, 1.82) is 0 Å². The highest BCUT2D eigenvalue weighted by molar-refractivity contribution is 6.33. The molecule has 7 rings (SSSR count). The molecule has 4 aliphatic carbocycles. The molecule has 4 heteroatoms. The van der Waals surface area contributed by atoms with Gasteiger partial charge in [-0.3, -0.25) is 0 Å². The van der Waals surface area contributed by atoms with Crippen molar-refractivity contribution in [3.63, 3.8) is 0 Å². The van der Waals surface area contributed by atoms with E-state index in [0.717, 1.165) is 40.2 Å². The van der Waals surface area contributed by atoms with Gasteiger partial charge in [0, 0.05) is 21.7 Å². The molecule has 0 heterocycles. The monoisotopic (exact) mass is 526 g/mol. The van der Waals surface area contributed by atoms with Crippen molar-refractivity contribution in [2.24, 2.45) is 17.8 Å². The largest absolute Gasteiger partial charge is 0.489 e. The Kier molecular flexibility index (Phi) is 6.82. The molecule has 0 unspecified atom stereocenters. The van der Waals surface area contributed by atoms with E-state index in [0.29, 0.717) is 23.6 Å². The molecule has 3 nitrogen and oxygen atoms in total. The van der Waals surface area contributed by atoms with E-state index in [2.05, 4.69) is 42.5 Å². The maximum Gasteiger partial charge on any atom is 0.331 e. The predicted octanol–water partition coefficient (Wildman–Crippen LogP) is 8.93. The van der Waals surface area contributed by atoms with Crippen LogP contribution in [-0.2, 0) is 16.8 Å². The van der Waals surface area contributed by atoms with Crippen molar-refractivity contribution in [1.82, 2.24) is 0 Å². The highest BCUT2D eigenvalue weighted by Crippen LogP contribution is 2.62. The Balaban J connectivity index is 1.38. The Morgan fingerprint density at radius 1 is 0.974 bits per heavy atom. The molecular formula is C34H35ClO3. The van der Waals surface area contributed by atoms with Gasteiger partial charge in [-0.15, -0.1) is 0 Å². The van der Waals surface area contributed by atoms with Crippen LogP contribution in [0.15, 0.2) is 72.3 Å². The van der Waals surface area contributed by atoms with Gasteiger partial charge in [-0.2, -0.15) is 0 Å². The highest BCUT2D eigenvalue weighted by Gasteiger charge is 2.52. The van der Waals surface area contributed by atoms with Crippen molar-refractivity contribution in [2.45, 2.75) is 63.9 Å². The van der Waals surface area contributed by atoms with Crippen LogP contribution >= 0.6 is 11.6 Å². The zero-order valence-electron chi connectivity index (χ0n) is 22.0. The molecule has 4 aliphatic rings. The Morgan fingerprint density at radius 2 is 1.66 bits per heavy atom. The third kappa shape index (κ3) is 4.89. The Labute approximate surface area is 230 Å². The molecule has 1 N–H and O–H groups in total. The number of carbonyl (C=O) groups is 1. The van der Waals surface area contributed by atoms with Gasteiger partial charge in [0.25, 0.3) is 0 Å². The first-order chi connectivity index (χ1) is 18.4. The first-order valence-electron chi connectivity index (χ1n) is 14.0. The molecule has 4 fully saturated rings. The first-order valence-corrected chi connectivity index (χ1v) is 14.4. The maximum absolute atomic E-state index is 11.5. The number of aliphatic carboxylic acids is 1. The zero-order chi connectivity index (χ0) is 26.3. The van der Waals surface area contributed by atoms with Gasteiger partial charge in [0.15, 0.2) is 0 Å². The lowest BCUT2D eigenvalue weighted by atomic mass is 9.48. The minimum atomic E-state index is -0.890. The lowest BCUT2D eigenvalue weighted by Crippen LogP contribution is -2.48. The van der Waals surface area contributed by atoms with E-state index in [1.165, 1.54) is 49.7 Å². The first kappa shape index (κ1) is 25.2. The molecule has 0 saturated heterocycles. The zero-order valence-corrected chi connectivity index (χ0v) is 22.7. The summed E-state index contributed by atoms with van der Waals surface area (Å²) in [6.07, 6.45) is 10.2. The minimum Gasteiger partial charge on any atom is -0.489 e. The van der Waals surface area contributed by atoms with Crippen LogP contribution in [0.3, 0.4) is 0 Å². The summed E-state index contributed by atoms with van der Waals surface area (Å²) in [5.41, 5.74) is 5.95. The van der Waals surface area contributed by atoms with Crippen LogP contribution in [0, 0.1) is 17.8 Å². The summed E-state index contributed by atoms with van der Waals surface area (Å²) in [5, 5.41) is 10.0. The van der Waals surface area contributed by atoms with Crippen LogP contribution in [0.4, 0.5) is 0 Å². The molecule has 0 amide bonds. The van der Waals surface area contributed by atoms with Crippen molar-refractivity contribution in [3.8, 4) is 16.9 Å². The summed E-state index contributed by atoms with van der Waals surface area (Å²) < 4.78 is 6.54. The maximum atomic E-state index is 11.5. The summed E-state index contributed by atoms with van der Waals surface area (Å²) in [4.78, 5) is 11.5. The number of hydrogen-bond acceptors (Lipinski definition) is 2. The summed E-state index contributed by atoms with van der Waals surface area (Å²) >= 11 is 6.81. The fourth-order valence-electron chi connectivity index (χ4n) is 7.79. The number of benzene rings is 3. The number of ether oxygens (including phenoxy) is 1. The molecule has 0 atom stereocenters. The normalized spacial score (nSPS) is 25.9. The van der Waals surface area contributed by atoms with E-state index in [1.807, 2.05) is 31.2 Å². The van der Waals surface area contributed by atoms with Crippen LogP contribution in [0.25, 0.3) is 17.2 Å². The number of rotatable bonds is 8. The number of carboxylic acids is 1. The summed E-state index contributed by atoms with van der Waals surface area (Å²) in [7, 11) is 0. The second kappa shape index (κ2) is 10.3. The Morgan fingerprint density at radius 3 is 2.26 bits per heavy atom. The highest BCUT2D eigenvalue weighted by atomic mass is 35.5. The van der Waals surface area contributed by atoms with Crippen molar-refractivity contribution >= 4 is 23.6 Å². The molecule has 196 valence electrons. The van der Waals surface area contributed by atoms with Crippen LogP contribution in [-0.4, -0.2) is 11.1 Å². The van der Waals surface area contributed by atoms with Gasteiger partial charge in [0.05, 0.1) is 0 Å². The van der Waals surface area contributed by atoms with Crippen molar-refractivity contribution in [3.05, 3.63) is 94.0 Å². The van der Waals surface area contributed by atoms with Gasteiger partial charge in [-0.1, -0.05) is 67.1 Å². The molecule has 4 bridgehead atoms. The molecule has 0 radical (unpaired) electrons. The lowest BCUT2D eigenvalue weighted by molar-refractivity contribution is -0.132. The van der Waals surface area contributed by atoms with Crippen LogP contribution < -0.4 is 4.74 Å². The summed E-state index contributed by atoms with van der Waals surface area (Å²) in [6.45, 7) is 2.41. The number of carboxylic acid groups (broad SMARTS) is 1. The third-order valence-corrected chi connectivity index (χ3v) is 9.44. The standard InChI is InChI=1S/C34H35ClO3/c1-2-27(33(36)37)15-23-8-10-29(31(35)16-23)28-9-11-32(38-21-22-6-4-3-5-7-22)30(17-28)34-18-24-12-25(19-34)14-26(13-24)20-34/h3-11,15-17,24-26H,2,12-14,18-21H2,1H3,(H,36,37). The average molecular weight is 527 g/mol. The lowest BCUT2D eigenvalue weighted by Gasteiger charge is -2.57. The molecule has 38 heavy (non-hydrogen) atoms. The number of hydrogen-bond donors (Lipinski definition) is 1. The van der Waals surface area contributed by atoms with Crippen LogP contribution in [0.5, 0.6) is 5.75 Å². The second-order valence-electron chi connectivity index (χ2n) is 11.8. The van der Waals surface area contributed by atoms with E-state index >= 15 is 0 Å². The van der Waals surface area contributed by atoms with Gasteiger partial charge in [0.2, 0.25) is 0 Å². The fourth-order valence-corrected chi connectivity index (χ4v) is 8.08. The predicted molar refractivity (Wildman–Crippen MR) is 153 cm³/mol. The smallest absolute Gasteiger partial charge is 0.331 e. The Hall–Kier alpha value is -3.04. The minimum absolute atomic E-state index is 0.184. The number of halogens is 1. The second-order valence-corrected chi connectivity index (χ2v) is 12.2. The summed E-state index contributed by atoms with van der Waals surface area (Å²) in [5.74, 6) is 2.62. The molecule has 3 aromatic carbocycles. The van der Waals surface area contributed by atoms with Crippen LogP contribution in [0.1, 0.15) is 68.6 Å². The fraction of sp³-hybridized carbons (Fsp3) is 0.382. The molecule has 0 spiro atoms. The SMILES string of the molecule is CCC(=Cc1ccc(-c2ccc(OCc3ccccc3)c(C34CC5CC(CC(C5)C3)C4)c2)c(Cl)c1)C(=O)O. The molecule has 4 saturated carbocycles. The van der Waals surface area contributed by atoms with Crippen molar-refractivity contribution < 1.29 is 14.6 Å². The van der Waals surface area contributed by atoms with E-state index < -0.39 is 5.97 Å².